The quantitative estimate of drug-likeness (QED) is 0.760. The predicted molar refractivity (Wildman–Crippen MR) is 54.4 cm³/mol. The molecule has 1 fully saturated rings. The van der Waals surface area contributed by atoms with Gasteiger partial charge in [0.05, 0.1) is 6.61 Å². The summed E-state index contributed by atoms with van der Waals surface area (Å²) in [5.74, 6) is -0.0767. The van der Waals surface area contributed by atoms with Gasteiger partial charge in [-0.3, -0.25) is 9.48 Å². The summed E-state index contributed by atoms with van der Waals surface area (Å²) < 4.78 is 1.61. The minimum Gasteiger partial charge on any atom is -0.395 e. The Balaban J connectivity index is 2.10. The van der Waals surface area contributed by atoms with Crippen LogP contribution >= 0.6 is 0 Å². The van der Waals surface area contributed by atoms with E-state index in [4.69, 9.17) is 5.11 Å². The monoisotopic (exact) mass is 209 g/mol. The zero-order valence-corrected chi connectivity index (χ0v) is 8.76. The molecule has 1 saturated carbocycles. The van der Waals surface area contributed by atoms with E-state index in [-0.39, 0.29) is 12.5 Å². The van der Waals surface area contributed by atoms with Gasteiger partial charge in [-0.2, -0.15) is 5.10 Å². The summed E-state index contributed by atoms with van der Waals surface area (Å²) in [6, 6.07) is 2.02. The summed E-state index contributed by atoms with van der Waals surface area (Å²) in [7, 11) is 1.78. The van der Waals surface area contributed by atoms with Gasteiger partial charge in [-0.1, -0.05) is 0 Å². The Labute approximate surface area is 88.3 Å². The van der Waals surface area contributed by atoms with Crippen molar-refractivity contribution in [3.8, 4) is 0 Å². The lowest BCUT2D eigenvalue weighted by molar-refractivity contribution is 0.0701. The molecule has 1 aliphatic carbocycles. The first-order chi connectivity index (χ1) is 7.22. The molecule has 5 nitrogen and oxygen atoms in total. The number of aliphatic hydroxyl groups is 1. The van der Waals surface area contributed by atoms with Crippen LogP contribution < -0.4 is 0 Å². The molecular weight excluding hydrogens is 194 g/mol. The summed E-state index contributed by atoms with van der Waals surface area (Å²) in [5, 5.41) is 13.0. The van der Waals surface area contributed by atoms with E-state index in [9.17, 15) is 4.79 Å². The first-order valence-electron chi connectivity index (χ1n) is 5.14. The molecule has 1 N–H and O–H groups in total. The van der Waals surface area contributed by atoms with E-state index in [0.717, 1.165) is 12.8 Å². The Morgan fingerprint density at radius 2 is 2.47 bits per heavy atom. The molecule has 0 unspecified atom stereocenters. The maximum Gasteiger partial charge on any atom is 0.274 e. The average Bonchev–Trinajstić information content (AvgIpc) is 2.96. The molecule has 1 heterocycles. The molecule has 1 aromatic heterocycles. The number of carbonyl (C=O) groups is 1. The van der Waals surface area contributed by atoms with Gasteiger partial charge in [0.2, 0.25) is 0 Å². The number of carbonyl (C=O) groups excluding carboxylic acids is 1. The van der Waals surface area contributed by atoms with Gasteiger partial charge in [0.1, 0.15) is 5.69 Å². The van der Waals surface area contributed by atoms with Crippen molar-refractivity contribution in [3.05, 3.63) is 18.0 Å². The fourth-order valence-corrected chi connectivity index (χ4v) is 1.62. The summed E-state index contributed by atoms with van der Waals surface area (Å²) in [5.41, 5.74) is 0.456. The van der Waals surface area contributed by atoms with Crippen molar-refractivity contribution in [2.45, 2.75) is 18.9 Å². The molecule has 0 saturated heterocycles. The lowest BCUT2D eigenvalue weighted by Crippen LogP contribution is -2.35. The highest BCUT2D eigenvalue weighted by atomic mass is 16.3. The molecule has 2 rings (SSSR count). The van der Waals surface area contributed by atoms with Crippen LogP contribution in [0.5, 0.6) is 0 Å². The topological polar surface area (TPSA) is 58.4 Å². The van der Waals surface area contributed by atoms with E-state index in [1.807, 2.05) is 0 Å². The largest absolute Gasteiger partial charge is 0.395 e. The van der Waals surface area contributed by atoms with Crippen molar-refractivity contribution >= 4 is 5.91 Å². The fraction of sp³-hybridized carbons (Fsp3) is 0.600. The maximum absolute atomic E-state index is 12.0. The molecule has 0 aliphatic heterocycles. The average molecular weight is 209 g/mol. The van der Waals surface area contributed by atoms with Crippen LogP contribution in [0, 0.1) is 0 Å². The second-order valence-electron chi connectivity index (χ2n) is 3.83. The van der Waals surface area contributed by atoms with E-state index in [1.54, 1.807) is 28.9 Å². The summed E-state index contributed by atoms with van der Waals surface area (Å²) in [6.45, 7) is 0.412. The van der Waals surface area contributed by atoms with Crippen LogP contribution in [0.2, 0.25) is 0 Å². The number of aromatic nitrogens is 2. The highest BCUT2D eigenvalue weighted by molar-refractivity contribution is 5.92. The Bertz CT molecular complexity index is 357. The van der Waals surface area contributed by atoms with Gasteiger partial charge in [-0.25, -0.2) is 0 Å². The third-order valence-corrected chi connectivity index (χ3v) is 2.52. The van der Waals surface area contributed by atoms with Crippen molar-refractivity contribution in [1.82, 2.24) is 14.7 Å². The molecule has 0 aromatic carbocycles. The smallest absolute Gasteiger partial charge is 0.274 e. The lowest BCUT2D eigenvalue weighted by atomic mass is 10.3. The van der Waals surface area contributed by atoms with E-state index >= 15 is 0 Å². The Morgan fingerprint density at radius 1 is 1.73 bits per heavy atom. The molecule has 1 aliphatic rings. The maximum atomic E-state index is 12.0. The standard InChI is InChI=1S/C10H15N3O2/c1-12-5-4-9(11-12)10(15)13(6-7-14)8-2-3-8/h4-5,8,14H,2-3,6-7H2,1H3. The van der Waals surface area contributed by atoms with Gasteiger partial charge in [-0.05, 0) is 18.9 Å². The van der Waals surface area contributed by atoms with Gasteiger partial charge in [-0.15, -0.1) is 0 Å². The number of rotatable bonds is 4. The Hall–Kier alpha value is -1.36. The number of hydrogen-bond donors (Lipinski definition) is 1. The van der Waals surface area contributed by atoms with Crippen molar-refractivity contribution in [2.24, 2.45) is 7.05 Å². The lowest BCUT2D eigenvalue weighted by Gasteiger charge is -2.19. The molecule has 0 bridgehead atoms. The SMILES string of the molecule is Cn1ccc(C(=O)N(CCO)C2CC2)n1. The molecule has 1 aromatic rings. The molecule has 0 spiro atoms. The van der Waals surface area contributed by atoms with Gasteiger partial charge in [0, 0.05) is 25.8 Å². The Morgan fingerprint density at radius 3 is 2.93 bits per heavy atom. The van der Waals surface area contributed by atoms with Crippen molar-refractivity contribution < 1.29 is 9.90 Å². The number of aliphatic hydroxyl groups excluding tert-OH is 1. The van der Waals surface area contributed by atoms with Crippen LogP contribution in [-0.2, 0) is 7.05 Å². The second-order valence-corrected chi connectivity index (χ2v) is 3.83. The summed E-state index contributed by atoms with van der Waals surface area (Å²) in [6.07, 6.45) is 3.83. The van der Waals surface area contributed by atoms with Gasteiger partial charge in [0.25, 0.3) is 5.91 Å². The normalized spacial score (nSPS) is 15.3. The van der Waals surface area contributed by atoms with Crippen LogP contribution in [0.4, 0.5) is 0 Å². The van der Waals surface area contributed by atoms with Crippen LogP contribution in [0.15, 0.2) is 12.3 Å². The van der Waals surface area contributed by atoms with Crippen LogP contribution in [0.3, 0.4) is 0 Å². The first kappa shape index (κ1) is 10.2. The molecular formula is C10H15N3O2. The molecule has 1 amide bonds. The van der Waals surface area contributed by atoms with Crippen molar-refractivity contribution in [1.29, 1.82) is 0 Å². The fourth-order valence-electron chi connectivity index (χ4n) is 1.62. The van der Waals surface area contributed by atoms with Crippen molar-refractivity contribution in [2.75, 3.05) is 13.2 Å². The minimum atomic E-state index is -0.0767. The highest BCUT2D eigenvalue weighted by Gasteiger charge is 2.33. The zero-order valence-electron chi connectivity index (χ0n) is 8.76. The highest BCUT2D eigenvalue weighted by Crippen LogP contribution is 2.27. The number of hydrogen-bond acceptors (Lipinski definition) is 3. The van der Waals surface area contributed by atoms with Gasteiger partial charge in [0.15, 0.2) is 0 Å². The second kappa shape index (κ2) is 4.02. The minimum absolute atomic E-state index is 0.00900. The number of aryl methyl sites for hydroxylation is 1. The Kier molecular flexibility index (Phi) is 2.73. The van der Waals surface area contributed by atoms with Gasteiger partial charge < -0.3 is 10.0 Å². The van der Waals surface area contributed by atoms with E-state index in [2.05, 4.69) is 5.10 Å². The summed E-state index contributed by atoms with van der Waals surface area (Å²) in [4.78, 5) is 13.7. The number of amides is 1. The molecule has 0 radical (unpaired) electrons. The van der Waals surface area contributed by atoms with Crippen LogP contribution in [0.1, 0.15) is 23.3 Å². The van der Waals surface area contributed by atoms with Crippen LogP contribution in [-0.4, -0.2) is 44.9 Å². The van der Waals surface area contributed by atoms with E-state index in [0.29, 0.717) is 18.3 Å². The third-order valence-electron chi connectivity index (χ3n) is 2.52. The third kappa shape index (κ3) is 2.18. The summed E-state index contributed by atoms with van der Waals surface area (Å²) >= 11 is 0. The van der Waals surface area contributed by atoms with Gasteiger partial charge >= 0.3 is 0 Å². The first-order valence-corrected chi connectivity index (χ1v) is 5.14. The van der Waals surface area contributed by atoms with E-state index in [1.165, 1.54) is 0 Å². The van der Waals surface area contributed by atoms with Crippen molar-refractivity contribution in [3.63, 3.8) is 0 Å². The van der Waals surface area contributed by atoms with E-state index < -0.39 is 0 Å². The molecule has 82 valence electrons. The molecule has 0 atom stereocenters. The molecule has 15 heavy (non-hydrogen) atoms. The predicted octanol–water partition coefficient (Wildman–Crippen LogP) is 0.0170. The zero-order chi connectivity index (χ0) is 10.8. The molecule has 5 heteroatoms. The van der Waals surface area contributed by atoms with Crippen LogP contribution in [0.25, 0.3) is 0 Å². The number of nitrogens with zero attached hydrogens (tertiary/aromatic N) is 3.